The molecule has 0 spiro atoms. The summed E-state index contributed by atoms with van der Waals surface area (Å²) >= 11 is 0. The topological polar surface area (TPSA) is 46.5 Å². The first-order chi connectivity index (χ1) is 9.31. The summed E-state index contributed by atoms with van der Waals surface area (Å²) in [6.07, 6.45) is 1.67. The minimum absolute atomic E-state index is 0.140. The standard InChI is InChI=1S/C16H18O3/c17-10-3-4-11-19-16(18)12-14-8-5-7-13-6-1-2-9-15(13)14/h1-2,5-9,17H,3-4,10-12H2. The van der Waals surface area contributed by atoms with Gasteiger partial charge in [0.1, 0.15) is 0 Å². The quantitative estimate of drug-likeness (QED) is 0.640. The summed E-state index contributed by atoms with van der Waals surface area (Å²) in [7, 11) is 0. The number of aliphatic hydroxyl groups is 1. The van der Waals surface area contributed by atoms with Gasteiger partial charge in [-0.1, -0.05) is 42.5 Å². The minimum atomic E-state index is -0.214. The number of rotatable bonds is 6. The molecule has 100 valence electrons. The summed E-state index contributed by atoms with van der Waals surface area (Å²) in [6, 6.07) is 14.0. The van der Waals surface area contributed by atoms with Crippen molar-refractivity contribution in [3.05, 3.63) is 48.0 Å². The molecule has 0 bridgehead atoms. The molecule has 0 amide bonds. The van der Waals surface area contributed by atoms with Crippen LogP contribution in [0.4, 0.5) is 0 Å². The highest BCUT2D eigenvalue weighted by Gasteiger charge is 2.07. The average Bonchev–Trinajstić information content (AvgIpc) is 2.44. The summed E-state index contributed by atoms with van der Waals surface area (Å²) < 4.78 is 5.15. The van der Waals surface area contributed by atoms with Gasteiger partial charge in [-0.05, 0) is 29.2 Å². The highest BCUT2D eigenvalue weighted by Crippen LogP contribution is 2.19. The second-order valence-corrected chi connectivity index (χ2v) is 4.47. The van der Waals surface area contributed by atoms with Crippen LogP contribution >= 0.6 is 0 Å². The van der Waals surface area contributed by atoms with Gasteiger partial charge in [-0.25, -0.2) is 0 Å². The first kappa shape index (κ1) is 13.6. The van der Waals surface area contributed by atoms with Crippen molar-refractivity contribution in [2.45, 2.75) is 19.3 Å². The van der Waals surface area contributed by atoms with Gasteiger partial charge in [-0.15, -0.1) is 0 Å². The number of esters is 1. The van der Waals surface area contributed by atoms with Crippen molar-refractivity contribution in [3.63, 3.8) is 0 Å². The molecule has 3 heteroatoms. The maximum atomic E-state index is 11.7. The smallest absolute Gasteiger partial charge is 0.310 e. The van der Waals surface area contributed by atoms with Crippen LogP contribution in [0.1, 0.15) is 18.4 Å². The molecule has 1 N–H and O–H groups in total. The first-order valence-corrected chi connectivity index (χ1v) is 6.54. The van der Waals surface area contributed by atoms with E-state index in [2.05, 4.69) is 0 Å². The van der Waals surface area contributed by atoms with E-state index < -0.39 is 0 Å². The summed E-state index contributed by atoms with van der Waals surface area (Å²) in [6.45, 7) is 0.519. The van der Waals surface area contributed by atoms with E-state index in [1.807, 2.05) is 42.5 Å². The van der Waals surface area contributed by atoms with Crippen LogP contribution in [0.5, 0.6) is 0 Å². The highest BCUT2D eigenvalue weighted by molar-refractivity contribution is 5.88. The minimum Gasteiger partial charge on any atom is -0.465 e. The number of carbonyl (C=O) groups excluding carboxylic acids is 1. The Kier molecular flexibility index (Phi) is 4.93. The number of ether oxygens (including phenoxy) is 1. The molecule has 0 unspecified atom stereocenters. The van der Waals surface area contributed by atoms with E-state index in [4.69, 9.17) is 9.84 Å². The Morgan fingerprint density at radius 1 is 1.05 bits per heavy atom. The lowest BCUT2D eigenvalue weighted by Crippen LogP contribution is -2.09. The fourth-order valence-corrected chi connectivity index (χ4v) is 2.05. The third-order valence-corrected chi connectivity index (χ3v) is 3.03. The van der Waals surface area contributed by atoms with Gasteiger partial charge in [-0.3, -0.25) is 4.79 Å². The van der Waals surface area contributed by atoms with Crippen LogP contribution in [-0.4, -0.2) is 24.3 Å². The van der Waals surface area contributed by atoms with E-state index in [0.717, 1.165) is 16.3 Å². The van der Waals surface area contributed by atoms with Gasteiger partial charge < -0.3 is 9.84 Å². The number of hydrogen-bond acceptors (Lipinski definition) is 3. The number of unbranched alkanes of at least 4 members (excludes halogenated alkanes) is 1. The Morgan fingerprint density at radius 3 is 2.68 bits per heavy atom. The molecule has 2 aromatic carbocycles. The van der Waals surface area contributed by atoms with Crippen molar-refractivity contribution < 1.29 is 14.6 Å². The van der Waals surface area contributed by atoms with Crippen molar-refractivity contribution in [3.8, 4) is 0 Å². The average molecular weight is 258 g/mol. The third kappa shape index (κ3) is 3.80. The Balaban J connectivity index is 1.99. The molecule has 3 nitrogen and oxygen atoms in total. The van der Waals surface area contributed by atoms with E-state index in [1.54, 1.807) is 0 Å². The Hall–Kier alpha value is -1.87. The van der Waals surface area contributed by atoms with Gasteiger partial charge in [0.2, 0.25) is 0 Å². The van der Waals surface area contributed by atoms with Crippen LogP contribution in [0, 0.1) is 0 Å². The Bertz CT molecular complexity index is 543. The van der Waals surface area contributed by atoms with E-state index >= 15 is 0 Å². The van der Waals surface area contributed by atoms with Crippen molar-refractivity contribution in [1.29, 1.82) is 0 Å². The predicted octanol–water partition coefficient (Wildman–Crippen LogP) is 2.70. The first-order valence-electron chi connectivity index (χ1n) is 6.54. The monoisotopic (exact) mass is 258 g/mol. The van der Waals surface area contributed by atoms with E-state index in [1.165, 1.54) is 0 Å². The van der Waals surface area contributed by atoms with Gasteiger partial charge in [0.15, 0.2) is 0 Å². The normalized spacial score (nSPS) is 10.6. The molecule has 0 aliphatic rings. The SMILES string of the molecule is O=C(Cc1cccc2ccccc12)OCCCCO. The molecular formula is C16H18O3. The lowest BCUT2D eigenvalue weighted by Gasteiger charge is -2.07. The van der Waals surface area contributed by atoms with Crippen molar-refractivity contribution in [1.82, 2.24) is 0 Å². The van der Waals surface area contributed by atoms with Gasteiger partial charge in [0.25, 0.3) is 0 Å². The molecule has 0 heterocycles. The largest absolute Gasteiger partial charge is 0.465 e. The van der Waals surface area contributed by atoms with Crippen LogP contribution in [0.25, 0.3) is 10.8 Å². The zero-order valence-electron chi connectivity index (χ0n) is 10.8. The van der Waals surface area contributed by atoms with Crippen molar-refractivity contribution in [2.24, 2.45) is 0 Å². The molecule has 19 heavy (non-hydrogen) atoms. The van der Waals surface area contributed by atoms with Gasteiger partial charge in [0, 0.05) is 6.61 Å². The number of hydrogen-bond donors (Lipinski definition) is 1. The molecule has 2 aromatic rings. The maximum absolute atomic E-state index is 11.7. The molecule has 0 aliphatic carbocycles. The van der Waals surface area contributed by atoms with Crippen LogP contribution in [0.3, 0.4) is 0 Å². The molecule has 0 atom stereocenters. The van der Waals surface area contributed by atoms with E-state index in [0.29, 0.717) is 25.9 Å². The highest BCUT2D eigenvalue weighted by atomic mass is 16.5. The Labute approximate surface area is 112 Å². The second kappa shape index (κ2) is 6.90. The zero-order valence-corrected chi connectivity index (χ0v) is 10.8. The second-order valence-electron chi connectivity index (χ2n) is 4.47. The van der Waals surface area contributed by atoms with Crippen LogP contribution in [0.2, 0.25) is 0 Å². The fourth-order valence-electron chi connectivity index (χ4n) is 2.05. The molecule has 2 rings (SSSR count). The number of carbonyl (C=O) groups is 1. The van der Waals surface area contributed by atoms with Crippen molar-refractivity contribution in [2.75, 3.05) is 13.2 Å². The summed E-state index contributed by atoms with van der Waals surface area (Å²) in [5.41, 5.74) is 0.991. The number of aliphatic hydroxyl groups excluding tert-OH is 1. The summed E-state index contributed by atoms with van der Waals surface area (Å²) in [5.74, 6) is -0.214. The Morgan fingerprint density at radius 2 is 1.84 bits per heavy atom. The van der Waals surface area contributed by atoms with Crippen LogP contribution < -0.4 is 0 Å². The number of benzene rings is 2. The van der Waals surface area contributed by atoms with Crippen molar-refractivity contribution >= 4 is 16.7 Å². The molecule has 0 fully saturated rings. The molecule has 0 radical (unpaired) electrons. The summed E-state index contributed by atoms with van der Waals surface area (Å²) in [5, 5.41) is 10.9. The lowest BCUT2D eigenvalue weighted by atomic mass is 10.0. The van der Waals surface area contributed by atoms with Crippen LogP contribution in [0.15, 0.2) is 42.5 Å². The van der Waals surface area contributed by atoms with Gasteiger partial charge in [0.05, 0.1) is 13.0 Å². The molecular weight excluding hydrogens is 240 g/mol. The maximum Gasteiger partial charge on any atom is 0.310 e. The van der Waals surface area contributed by atoms with E-state index in [-0.39, 0.29) is 12.6 Å². The number of fused-ring (bicyclic) bond motifs is 1. The summed E-state index contributed by atoms with van der Waals surface area (Å²) in [4.78, 5) is 11.7. The van der Waals surface area contributed by atoms with Gasteiger partial charge >= 0.3 is 5.97 Å². The van der Waals surface area contributed by atoms with Gasteiger partial charge in [-0.2, -0.15) is 0 Å². The zero-order chi connectivity index (χ0) is 13.5. The van der Waals surface area contributed by atoms with Crippen LogP contribution in [-0.2, 0) is 16.0 Å². The van der Waals surface area contributed by atoms with E-state index in [9.17, 15) is 4.79 Å². The predicted molar refractivity (Wildman–Crippen MR) is 74.9 cm³/mol. The molecule has 0 aromatic heterocycles. The third-order valence-electron chi connectivity index (χ3n) is 3.03. The molecule has 0 aliphatic heterocycles. The molecule has 0 saturated carbocycles. The fraction of sp³-hybridized carbons (Fsp3) is 0.312. The lowest BCUT2D eigenvalue weighted by molar-refractivity contribution is -0.142. The molecule has 0 saturated heterocycles.